The lowest BCUT2D eigenvalue weighted by Gasteiger charge is -2.23. The molecule has 5 nitrogen and oxygen atoms in total. The Morgan fingerprint density at radius 3 is 2.37 bits per heavy atom. The van der Waals surface area contributed by atoms with Crippen molar-refractivity contribution < 1.29 is 4.74 Å². The van der Waals surface area contributed by atoms with Crippen LogP contribution in [0.1, 0.15) is 39.4 Å². The Morgan fingerprint density at radius 2 is 1.84 bits per heavy atom. The number of anilines is 2. The van der Waals surface area contributed by atoms with Gasteiger partial charge < -0.3 is 15.0 Å². The number of rotatable bonds is 9. The van der Waals surface area contributed by atoms with Crippen LogP contribution in [0, 0.1) is 0 Å². The zero-order valence-electron chi connectivity index (χ0n) is 12.6. The number of ether oxygens (including phenoxy) is 1. The molecule has 1 rings (SSSR count). The van der Waals surface area contributed by atoms with E-state index in [1.54, 1.807) is 0 Å². The summed E-state index contributed by atoms with van der Waals surface area (Å²) in [6, 6.07) is 2.00. The first-order valence-electron chi connectivity index (χ1n) is 7.13. The normalized spacial score (nSPS) is 10.5. The highest BCUT2D eigenvalue weighted by Gasteiger charge is 2.10. The van der Waals surface area contributed by atoms with Gasteiger partial charge in [0, 0.05) is 32.8 Å². The number of hydrogen-bond acceptors (Lipinski definition) is 5. The molecular formula is C14H26N4O. The summed E-state index contributed by atoms with van der Waals surface area (Å²) in [7, 11) is 1.88. The van der Waals surface area contributed by atoms with Crippen molar-refractivity contribution in [1.82, 2.24) is 9.97 Å². The fourth-order valence-corrected chi connectivity index (χ4v) is 1.91. The Bertz CT molecular complexity index is 364. The Morgan fingerprint density at radius 1 is 1.16 bits per heavy atom. The molecule has 0 aliphatic rings. The fraction of sp³-hybridized carbons (Fsp3) is 0.714. The predicted octanol–water partition coefficient (Wildman–Crippen LogP) is 2.68. The number of nitrogens with zero attached hydrogens (tertiary/aromatic N) is 3. The molecule has 19 heavy (non-hydrogen) atoms. The summed E-state index contributed by atoms with van der Waals surface area (Å²) < 4.78 is 5.40. The number of nitrogens with one attached hydrogen (secondary N) is 1. The van der Waals surface area contributed by atoms with E-state index in [-0.39, 0.29) is 0 Å². The van der Waals surface area contributed by atoms with Crippen LogP contribution in [0.15, 0.2) is 6.07 Å². The summed E-state index contributed by atoms with van der Waals surface area (Å²) in [5, 5.41) is 3.09. The second-order valence-electron chi connectivity index (χ2n) is 4.40. The molecule has 0 spiro atoms. The van der Waals surface area contributed by atoms with Crippen molar-refractivity contribution >= 4 is 11.6 Å². The average Bonchev–Trinajstić information content (AvgIpc) is 2.44. The molecule has 0 saturated carbocycles. The average molecular weight is 266 g/mol. The van der Waals surface area contributed by atoms with E-state index in [1.165, 1.54) is 0 Å². The van der Waals surface area contributed by atoms with Gasteiger partial charge in [-0.15, -0.1) is 0 Å². The van der Waals surface area contributed by atoms with Crippen LogP contribution in [-0.4, -0.2) is 36.7 Å². The molecule has 0 bridgehead atoms. The molecule has 0 aromatic carbocycles. The first-order chi connectivity index (χ1) is 9.24. The molecule has 0 radical (unpaired) electrons. The maximum Gasteiger partial charge on any atom is 0.158 e. The summed E-state index contributed by atoms with van der Waals surface area (Å²) in [6.45, 7) is 9.52. The third kappa shape index (κ3) is 5.03. The number of hydrogen-bond donors (Lipinski definition) is 1. The second kappa shape index (κ2) is 8.69. The summed E-state index contributed by atoms with van der Waals surface area (Å²) in [5.41, 5.74) is 0. The van der Waals surface area contributed by atoms with E-state index in [0.29, 0.717) is 13.2 Å². The molecule has 1 N–H and O–H groups in total. The molecule has 0 amide bonds. The van der Waals surface area contributed by atoms with Gasteiger partial charge in [-0.05, 0) is 19.8 Å². The maximum atomic E-state index is 5.40. The molecule has 5 heteroatoms. The minimum absolute atomic E-state index is 0.463. The molecule has 0 saturated heterocycles. The zero-order chi connectivity index (χ0) is 14.1. The van der Waals surface area contributed by atoms with Gasteiger partial charge >= 0.3 is 0 Å². The smallest absolute Gasteiger partial charge is 0.158 e. The summed E-state index contributed by atoms with van der Waals surface area (Å²) >= 11 is 0. The van der Waals surface area contributed by atoms with Crippen molar-refractivity contribution in [2.24, 2.45) is 0 Å². The van der Waals surface area contributed by atoms with Gasteiger partial charge in [-0.3, -0.25) is 0 Å². The summed E-state index contributed by atoms with van der Waals surface area (Å²) in [4.78, 5) is 11.3. The highest BCUT2D eigenvalue weighted by molar-refractivity contribution is 5.49. The van der Waals surface area contributed by atoms with E-state index in [2.05, 4.69) is 34.0 Å². The van der Waals surface area contributed by atoms with E-state index in [4.69, 9.17) is 4.74 Å². The van der Waals surface area contributed by atoms with Gasteiger partial charge in [-0.2, -0.15) is 0 Å². The number of aromatic nitrogens is 2. The Kier molecular flexibility index (Phi) is 7.18. The van der Waals surface area contributed by atoms with Crippen LogP contribution in [0.25, 0.3) is 0 Å². The molecule has 108 valence electrons. The third-order valence-electron chi connectivity index (χ3n) is 2.76. The lowest BCUT2D eigenvalue weighted by molar-refractivity contribution is 0.128. The van der Waals surface area contributed by atoms with Crippen molar-refractivity contribution in [1.29, 1.82) is 0 Å². The van der Waals surface area contributed by atoms with Crippen LogP contribution in [0.4, 0.5) is 11.6 Å². The minimum atomic E-state index is 0.463. The van der Waals surface area contributed by atoms with Crippen LogP contribution < -0.4 is 10.2 Å². The van der Waals surface area contributed by atoms with Crippen LogP contribution in [0.3, 0.4) is 0 Å². The Labute approximate surface area is 116 Å². The highest BCUT2D eigenvalue weighted by Crippen LogP contribution is 2.17. The molecule has 0 fully saturated rings. The van der Waals surface area contributed by atoms with Crippen LogP contribution >= 0.6 is 0 Å². The van der Waals surface area contributed by atoms with Gasteiger partial charge in [0.2, 0.25) is 0 Å². The topological polar surface area (TPSA) is 50.3 Å². The quantitative estimate of drug-likeness (QED) is 0.744. The monoisotopic (exact) mass is 266 g/mol. The van der Waals surface area contributed by atoms with Crippen molar-refractivity contribution in [2.45, 2.75) is 40.2 Å². The van der Waals surface area contributed by atoms with Gasteiger partial charge in [-0.25, -0.2) is 9.97 Å². The van der Waals surface area contributed by atoms with Crippen molar-refractivity contribution in [3.63, 3.8) is 0 Å². The van der Waals surface area contributed by atoms with Gasteiger partial charge in [0.15, 0.2) is 5.82 Å². The molecule has 0 unspecified atom stereocenters. The third-order valence-corrected chi connectivity index (χ3v) is 2.76. The van der Waals surface area contributed by atoms with Gasteiger partial charge in [0.05, 0.1) is 0 Å². The summed E-state index contributed by atoms with van der Waals surface area (Å²) in [6.07, 6.45) is 2.22. The molecular weight excluding hydrogens is 240 g/mol. The predicted molar refractivity (Wildman–Crippen MR) is 79.7 cm³/mol. The van der Waals surface area contributed by atoms with Crippen molar-refractivity contribution in [2.75, 3.05) is 37.0 Å². The van der Waals surface area contributed by atoms with E-state index in [0.717, 1.165) is 43.4 Å². The van der Waals surface area contributed by atoms with Crippen LogP contribution in [-0.2, 0) is 11.3 Å². The van der Waals surface area contributed by atoms with Gasteiger partial charge in [0.1, 0.15) is 18.2 Å². The zero-order valence-corrected chi connectivity index (χ0v) is 12.6. The molecule has 0 aliphatic heterocycles. The first kappa shape index (κ1) is 15.7. The highest BCUT2D eigenvalue weighted by atomic mass is 16.5. The van der Waals surface area contributed by atoms with Crippen molar-refractivity contribution in [3.8, 4) is 0 Å². The van der Waals surface area contributed by atoms with Crippen molar-refractivity contribution in [3.05, 3.63) is 11.9 Å². The lowest BCUT2D eigenvalue weighted by Crippen LogP contribution is -2.26. The largest absolute Gasteiger partial charge is 0.374 e. The van der Waals surface area contributed by atoms with Crippen LogP contribution in [0.2, 0.25) is 0 Å². The molecule has 1 heterocycles. The lowest BCUT2D eigenvalue weighted by atomic mass is 10.3. The second-order valence-corrected chi connectivity index (χ2v) is 4.40. The fourth-order valence-electron chi connectivity index (χ4n) is 1.91. The van der Waals surface area contributed by atoms with Gasteiger partial charge in [-0.1, -0.05) is 13.8 Å². The standard InChI is InChI=1S/C14H26N4O/c1-5-8-18(9-6-2)14-10-12(15-4)16-13(17-14)11-19-7-3/h10H,5-9,11H2,1-4H3,(H,15,16,17). The van der Waals surface area contributed by atoms with Crippen LogP contribution in [0.5, 0.6) is 0 Å². The maximum absolute atomic E-state index is 5.40. The summed E-state index contributed by atoms with van der Waals surface area (Å²) in [5.74, 6) is 2.57. The molecule has 1 aromatic rings. The van der Waals surface area contributed by atoms with Gasteiger partial charge in [0.25, 0.3) is 0 Å². The van der Waals surface area contributed by atoms with E-state index in [9.17, 15) is 0 Å². The van der Waals surface area contributed by atoms with E-state index < -0.39 is 0 Å². The first-order valence-corrected chi connectivity index (χ1v) is 7.13. The SMILES string of the molecule is CCCN(CCC)c1cc(NC)nc(COCC)n1. The Hall–Kier alpha value is -1.36. The van der Waals surface area contributed by atoms with E-state index >= 15 is 0 Å². The molecule has 1 aromatic heterocycles. The molecule has 0 atom stereocenters. The van der Waals surface area contributed by atoms with E-state index in [1.807, 2.05) is 20.0 Å². The minimum Gasteiger partial charge on any atom is -0.374 e. The molecule has 0 aliphatic carbocycles. The Balaban J connectivity index is 2.95.